The van der Waals surface area contributed by atoms with Crippen molar-refractivity contribution in [1.82, 2.24) is 16.0 Å². The Kier molecular flexibility index (Phi) is 54.7. The fourth-order valence-electron chi connectivity index (χ4n) is 14.0. The summed E-state index contributed by atoms with van der Waals surface area (Å²) in [5.41, 5.74) is -0.575. The largest absolute Gasteiger partial charge is 1.00 e. The Labute approximate surface area is 757 Å². The van der Waals surface area contributed by atoms with Crippen molar-refractivity contribution in [2.24, 2.45) is 71.0 Å². The molecule has 3 unspecified atom stereocenters. The van der Waals surface area contributed by atoms with E-state index in [1.165, 1.54) is 14.2 Å². The van der Waals surface area contributed by atoms with E-state index in [0.717, 1.165) is 25.9 Å². The van der Waals surface area contributed by atoms with Crippen LogP contribution in [0.2, 0.25) is 0 Å². The summed E-state index contributed by atoms with van der Waals surface area (Å²) >= 11 is 0. The van der Waals surface area contributed by atoms with E-state index < -0.39 is 119 Å². The predicted molar refractivity (Wildman–Crippen MR) is 457 cm³/mol. The average molecular weight is 1730 g/mol. The third kappa shape index (κ3) is 43.1. The first-order chi connectivity index (χ1) is 56.5. The molecule has 1 aliphatic heterocycles. The maximum absolute atomic E-state index is 13.8. The Morgan fingerprint density at radius 2 is 0.780 bits per heavy atom. The molecule has 3 aromatic carbocycles. The number of carbonyl (C=O) groups excluding carboxylic acids is 7. The predicted octanol–water partition coefficient (Wildman–Crippen LogP) is 7.17. The summed E-state index contributed by atoms with van der Waals surface area (Å²) in [5.74, 6) is -3.96. The number of ether oxygens (including phenoxy) is 13. The van der Waals surface area contributed by atoms with Crippen molar-refractivity contribution in [1.29, 1.82) is 0 Å². The summed E-state index contributed by atoms with van der Waals surface area (Å²) in [4.78, 5) is 88.1. The van der Waals surface area contributed by atoms with Gasteiger partial charge in [-0.25, -0.2) is 14.4 Å². The normalized spacial score (nSPS) is 16.4. The number of Topliss-reactive ketones (excluding diaryl/α,β-unsaturated/α-hetero) is 1. The molecule has 0 radical (unpaired) electrons. The molecule has 31 heteroatoms. The fourth-order valence-corrected chi connectivity index (χ4v) is 14.0. The molecule has 1 aliphatic rings. The number of hydrogen-bond acceptors (Lipinski definition) is 26. The van der Waals surface area contributed by atoms with Crippen molar-refractivity contribution in [3.8, 4) is 34.5 Å². The van der Waals surface area contributed by atoms with E-state index in [2.05, 4.69) is 16.0 Å². The van der Waals surface area contributed by atoms with Gasteiger partial charge in [-0.05, 0) is 221 Å². The average Bonchev–Trinajstić information content (AvgIpc) is 1.77. The van der Waals surface area contributed by atoms with Gasteiger partial charge < -0.3 is 118 Å². The Morgan fingerprint density at radius 3 is 1.13 bits per heavy atom. The number of cyclic esters (lactones) is 1. The molecular formula is C92H151Li2N3O26. The van der Waals surface area contributed by atoms with Gasteiger partial charge in [0.15, 0.2) is 40.3 Å². The number of carboxylic acid groups (broad SMARTS) is 2. The van der Waals surface area contributed by atoms with Gasteiger partial charge >= 0.3 is 62.0 Å². The van der Waals surface area contributed by atoms with E-state index >= 15 is 0 Å². The second-order valence-electron chi connectivity index (χ2n) is 36.4. The second-order valence-corrected chi connectivity index (χ2v) is 36.4. The molecule has 692 valence electrons. The van der Waals surface area contributed by atoms with Crippen LogP contribution in [-0.2, 0) is 47.5 Å². The SMILES string of the molecule is COCCCCCOc1cc(C(O)[C@@H](C[C@H](NC(=O)OC(C)(C)C)[C@@H]2CC(C(C)C)C(=O)O2)C(C)C)ccc1OC.COCCCOc1cc(C(=O)[C@@H](C[C@H](NC(=O)OC(C)(C)C)[C@@H](O)C[C@H](C(=O)[O-])C(C)C)C(C)C)ccc1OC.COCCCOc1cc(C(O)[C@@H](C[C@H](NC(=O)OC(C)(C)C)[C@@H](O)C[C@H](C(=O)[O-])C(C)C)C(C)C)ccc1OC.[Li+].[Li+]. The number of hydrogen-bond donors (Lipinski definition) is 7. The van der Waals surface area contributed by atoms with E-state index in [1.807, 2.05) is 67.5 Å². The van der Waals surface area contributed by atoms with Gasteiger partial charge in [0.25, 0.3) is 0 Å². The van der Waals surface area contributed by atoms with Gasteiger partial charge in [0.05, 0.1) is 89.6 Å². The number of carboxylic acids is 2. The quantitative estimate of drug-likeness (QED) is 0.00968. The third-order valence-corrected chi connectivity index (χ3v) is 21.0. The molecule has 7 N–H and O–H groups in total. The van der Waals surface area contributed by atoms with Gasteiger partial charge in [-0.1, -0.05) is 95.2 Å². The number of ketones is 1. The van der Waals surface area contributed by atoms with Crippen molar-refractivity contribution in [2.45, 2.75) is 281 Å². The monoisotopic (exact) mass is 1730 g/mol. The van der Waals surface area contributed by atoms with Gasteiger partial charge in [-0.3, -0.25) is 9.59 Å². The maximum atomic E-state index is 13.8. The van der Waals surface area contributed by atoms with Crippen molar-refractivity contribution in [3.63, 3.8) is 0 Å². The van der Waals surface area contributed by atoms with Gasteiger partial charge in [-0.2, -0.15) is 0 Å². The number of methoxy groups -OCH3 is 6. The van der Waals surface area contributed by atoms with Crippen LogP contribution >= 0.6 is 0 Å². The summed E-state index contributed by atoms with van der Waals surface area (Å²) < 4.78 is 71.4. The molecule has 4 rings (SSSR count). The van der Waals surface area contributed by atoms with Gasteiger partial charge in [-0.15, -0.1) is 0 Å². The van der Waals surface area contributed by atoms with Crippen LogP contribution in [0, 0.1) is 71.0 Å². The molecule has 0 aromatic heterocycles. The number of esters is 1. The molecule has 0 aliphatic carbocycles. The van der Waals surface area contributed by atoms with Crippen molar-refractivity contribution >= 4 is 42.0 Å². The number of benzene rings is 3. The zero-order chi connectivity index (χ0) is 92.0. The Bertz CT molecular complexity index is 3560. The van der Waals surface area contributed by atoms with E-state index in [0.29, 0.717) is 110 Å². The fraction of sp³-hybridized carbons (Fsp3) is 0.728. The van der Waals surface area contributed by atoms with E-state index in [1.54, 1.807) is 161 Å². The zero-order valence-corrected chi connectivity index (χ0v) is 79.5. The number of aliphatic hydroxyl groups excluding tert-OH is 4. The van der Waals surface area contributed by atoms with Crippen LogP contribution in [-0.4, -0.2) is 198 Å². The van der Waals surface area contributed by atoms with Crippen LogP contribution in [0.1, 0.15) is 250 Å². The van der Waals surface area contributed by atoms with Gasteiger partial charge in [0.1, 0.15) is 22.9 Å². The van der Waals surface area contributed by atoms with Crippen LogP contribution in [0.25, 0.3) is 0 Å². The molecule has 0 bridgehead atoms. The van der Waals surface area contributed by atoms with E-state index in [-0.39, 0.29) is 123 Å². The minimum absolute atomic E-state index is 0. The van der Waals surface area contributed by atoms with Crippen LogP contribution in [0.5, 0.6) is 34.5 Å². The number of nitrogens with one attached hydrogen (secondary N) is 3. The number of unbranched alkanes of at least 4 members (excludes halogenated alkanes) is 2. The van der Waals surface area contributed by atoms with Crippen molar-refractivity contribution in [2.75, 3.05) is 82.3 Å². The number of amides is 3. The second kappa shape index (κ2) is 57.9. The molecule has 3 aromatic rings. The molecule has 29 nitrogen and oxygen atoms in total. The van der Waals surface area contributed by atoms with Crippen LogP contribution in [0.15, 0.2) is 54.6 Å². The maximum Gasteiger partial charge on any atom is 1.00 e. The van der Waals surface area contributed by atoms with E-state index in [4.69, 9.17) is 61.6 Å². The first-order valence-electron chi connectivity index (χ1n) is 42.7. The molecule has 14 atom stereocenters. The molecule has 1 heterocycles. The summed E-state index contributed by atoms with van der Waals surface area (Å²) in [5, 5.41) is 77.3. The van der Waals surface area contributed by atoms with Crippen LogP contribution < -0.4 is 92.3 Å². The molecule has 1 fully saturated rings. The Morgan fingerprint density at radius 1 is 0.431 bits per heavy atom. The summed E-state index contributed by atoms with van der Waals surface area (Å²) in [7, 11) is 9.56. The minimum atomic E-state index is -1.28. The van der Waals surface area contributed by atoms with Crippen LogP contribution in [0.4, 0.5) is 14.4 Å². The molecular weight excluding hydrogens is 1580 g/mol. The number of carbonyl (C=O) groups is 7. The Balaban J connectivity index is 0.00000180. The topological polar surface area (TPSA) is 403 Å². The standard InChI is InChI=1S/C32H53NO8.C30H51NO9.C30H49NO9.2Li/c1-20(2)23(29(34)22-13-14-26(38-9)28(17-22)39-16-12-10-11-15-37-8)18-25(33-31(36)41-32(5,6)7)27-19-24(21(3)4)30(35)40-27;2*1-18(2)21(27(33)20-11-12-25(38-9)26(15-20)39-14-10-13-37-8)16-23(31-29(36)40-30(5,6)7)24(32)17-22(19(3)4)28(34)35;;/h13-14,17,20-21,23-25,27,29,34H,10-12,15-16,18-19H2,1-9H3,(H,33,36);11-12,15,18-19,21-24,27,32-33H,10,13-14,16-17H2,1-9H3,(H,31,36)(H,34,35);11-12,15,18-19,21-24,32H,10,13-14,16-17H2,1-9H3,(H,31,36)(H,34,35);;/q;;;2*+1/p-2/t23-,24?,25-,27-,29?;21-,22-,23-,24-,27?;21-,22-,23-,24-;;/m000../s1. The summed E-state index contributed by atoms with van der Waals surface area (Å²) in [6, 6.07) is 13.2. The number of rotatable bonds is 50. The molecule has 0 spiro atoms. The minimum Gasteiger partial charge on any atom is -0.550 e. The molecule has 0 saturated carbocycles. The van der Waals surface area contributed by atoms with Gasteiger partial charge in [0, 0.05) is 89.2 Å². The first kappa shape index (κ1) is 116. The third-order valence-electron chi connectivity index (χ3n) is 21.0. The molecule has 3 amide bonds. The molecule has 1 saturated heterocycles. The smallest absolute Gasteiger partial charge is 0.550 e. The summed E-state index contributed by atoms with van der Waals surface area (Å²) in [6.45, 7) is 41.4. The summed E-state index contributed by atoms with van der Waals surface area (Å²) in [6.07, 6.45) is -1.89. The number of aliphatic carboxylic acids is 2. The van der Waals surface area contributed by atoms with Crippen molar-refractivity contribution in [3.05, 3.63) is 71.3 Å². The van der Waals surface area contributed by atoms with E-state index in [9.17, 15) is 64.2 Å². The van der Waals surface area contributed by atoms with Crippen LogP contribution in [0.3, 0.4) is 0 Å². The number of aliphatic hydroxyl groups is 4. The van der Waals surface area contributed by atoms with Crippen molar-refractivity contribution < 1.29 is 164 Å². The first-order valence-corrected chi connectivity index (χ1v) is 42.7. The molecule has 123 heavy (non-hydrogen) atoms. The zero-order valence-electron chi connectivity index (χ0n) is 79.5. The van der Waals surface area contributed by atoms with Gasteiger partial charge in [0.2, 0.25) is 0 Å². The number of alkyl carbamates (subject to hydrolysis) is 3. The Hall–Kier alpha value is -6.74.